The van der Waals surface area contributed by atoms with Crippen LogP contribution in [0.2, 0.25) is 0 Å². The lowest BCUT2D eigenvalue weighted by Crippen LogP contribution is -2.11. The van der Waals surface area contributed by atoms with Crippen molar-refractivity contribution in [2.24, 2.45) is 0 Å². The Morgan fingerprint density at radius 2 is 2.25 bits per heavy atom. The molecule has 0 spiro atoms. The van der Waals surface area contributed by atoms with Crippen LogP contribution in [0.15, 0.2) is 11.4 Å². The van der Waals surface area contributed by atoms with Gasteiger partial charge in [0, 0.05) is 6.42 Å². The van der Waals surface area contributed by atoms with E-state index < -0.39 is 0 Å². The average Bonchev–Trinajstić information content (AvgIpc) is 2.55. The molecular weight excluding hydrogens is 224 g/mol. The van der Waals surface area contributed by atoms with Crippen LogP contribution in [0.4, 0.5) is 5.82 Å². The van der Waals surface area contributed by atoms with Gasteiger partial charge in [0.2, 0.25) is 5.91 Å². The van der Waals surface area contributed by atoms with Gasteiger partial charge in [0.05, 0.1) is 10.4 Å². The third-order valence-electron chi connectivity index (χ3n) is 2.72. The highest BCUT2D eigenvalue weighted by Crippen LogP contribution is 2.33. The predicted molar refractivity (Wildman–Crippen MR) is 62.6 cm³/mol. The van der Waals surface area contributed by atoms with Crippen LogP contribution in [0, 0.1) is 0 Å². The van der Waals surface area contributed by atoms with Gasteiger partial charge >= 0.3 is 0 Å². The zero-order valence-electron chi connectivity index (χ0n) is 8.70. The molecule has 2 aromatic heterocycles. The first-order valence-corrected chi connectivity index (χ1v) is 6.21. The number of hydrogen-bond donors (Lipinski definition) is 2. The summed E-state index contributed by atoms with van der Waals surface area (Å²) in [6, 6.07) is 0. The molecule has 2 aromatic rings. The summed E-state index contributed by atoms with van der Waals surface area (Å²) in [6.45, 7) is 0. The molecule has 1 amide bonds. The Morgan fingerprint density at radius 3 is 3.06 bits per heavy atom. The molecular formula is C10H10N4OS. The van der Waals surface area contributed by atoms with E-state index in [0.29, 0.717) is 12.2 Å². The van der Waals surface area contributed by atoms with Gasteiger partial charge in [-0.05, 0) is 18.2 Å². The number of carbonyl (C=O) groups excluding carboxylic acids is 1. The maximum atomic E-state index is 11.5. The molecule has 0 fully saturated rings. The number of hydrogen-bond acceptors (Lipinski definition) is 4. The zero-order chi connectivity index (χ0) is 11.1. The molecule has 3 heterocycles. The van der Waals surface area contributed by atoms with Gasteiger partial charge in [-0.3, -0.25) is 4.79 Å². The van der Waals surface area contributed by atoms with Gasteiger partial charge in [0.25, 0.3) is 0 Å². The summed E-state index contributed by atoms with van der Waals surface area (Å²) in [4.78, 5) is 23.1. The summed E-state index contributed by atoms with van der Waals surface area (Å²) in [6.07, 6.45) is 4.71. The number of aryl methyl sites for hydroxylation is 1. The van der Waals surface area contributed by atoms with Crippen LogP contribution >= 0.6 is 11.8 Å². The largest absolute Gasteiger partial charge is 0.334 e. The SMILES string of the molecule is CSc1[nH]c2ncnc3c2c1CCC(=O)N3. The van der Waals surface area contributed by atoms with E-state index in [2.05, 4.69) is 20.3 Å². The van der Waals surface area contributed by atoms with E-state index in [9.17, 15) is 4.79 Å². The van der Waals surface area contributed by atoms with Gasteiger partial charge < -0.3 is 10.3 Å². The number of H-pyrrole nitrogens is 1. The summed E-state index contributed by atoms with van der Waals surface area (Å²) < 4.78 is 0. The number of aromatic amines is 1. The van der Waals surface area contributed by atoms with Crippen molar-refractivity contribution in [3.05, 3.63) is 11.9 Å². The van der Waals surface area contributed by atoms with Gasteiger partial charge in [0.1, 0.15) is 17.8 Å². The first kappa shape index (κ1) is 9.65. The van der Waals surface area contributed by atoms with Crippen molar-refractivity contribution in [2.75, 3.05) is 11.6 Å². The lowest BCUT2D eigenvalue weighted by atomic mass is 10.1. The van der Waals surface area contributed by atoms with E-state index in [1.165, 1.54) is 6.33 Å². The number of nitrogens with one attached hydrogen (secondary N) is 2. The normalized spacial score (nSPS) is 14.9. The van der Waals surface area contributed by atoms with E-state index in [1.807, 2.05) is 6.26 Å². The molecule has 1 aliphatic rings. The first-order valence-electron chi connectivity index (χ1n) is 4.99. The van der Waals surface area contributed by atoms with E-state index in [-0.39, 0.29) is 5.91 Å². The van der Waals surface area contributed by atoms with E-state index in [4.69, 9.17) is 0 Å². The average molecular weight is 234 g/mol. The Kier molecular flexibility index (Phi) is 2.10. The van der Waals surface area contributed by atoms with Gasteiger partial charge in [-0.25, -0.2) is 9.97 Å². The van der Waals surface area contributed by atoms with Crippen LogP contribution in [0.5, 0.6) is 0 Å². The van der Waals surface area contributed by atoms with Gasteiger partial charge in [-0.2, -0.15) is 0 Å². The fourth-order valence-corrected chi connectivity index (χ4v) is 2.65. The Bertz CT molecular complexity index is 577. The first-order chi connectivity index (χ1) is 7.79. The second kappa shape index (κ2) is 3.48. The molecule has 0 bridgehead atoms. The van der Waals surface area contributed by atoms with Gasteiger partial charge in [0.15, 0.2) is 0 Å². The van der Waals surface area contributed by atoms with Crippen LogP contribution in [0.1, 0.15) is 12.0 Å². The van der Waals surface area contributed by atoms with Crippen molar-refractivity contribution < 1.29 is 4.79 Å². The molecule has 1 aliphatic heterocycles. The third-order valence-corrected chi connectivity index (χ3v) is 3.48. The minimum Gasteiger partial charge on any atom is -0.334 e. The van der Waals surface area contributed by atoms with Crippen molar-refractivity contribution in [1.29, 1.82) is 0 Å². The second-order valence-corrected chi connectivity index (χ2v) is 4.45. The molecule has 0 saturated carbocycles. The van der Waals surface area contributed by atoms with Gasteiger partial charge in [-0.1, -0.05) is 0 Å². The molecule has 0 saturated heterocycles. The number of aromatic nitrogens is 3. The quantitative estimate of drug-likeness (QED) is 0.735. The van der Waals surface area contributed by atoms with Crippen molar-refractivity contribution in [3.8, 4) is 0 Å². The molecule has 0 unspecified atom stereocenters. The lowest BCUT2D eigenvalue weighted by Gasteiger charge is -2.00. The number of amides is 1. The zero-order valence-corrected chi connectivity index (χ0v) is 9.52. The maximum absolute atomic E-state index is 11.5. The van der Waals surface area contributed by atoms with Crippen LogP contribution < -0.4 is 5.32 Å². The van der Waals surface area contributed by atoms with E-state index in [1.54, 1.807) is 11.8 Å². The van der Waals surface area contributed by atoms with Crippen molar-refractivity contribution >= 4 is 34.5 Å². The number of anilines is 1. The molecule has 5 nitrogen and oxygen atoms in total. The molecule has 0 atom stereocenters. The Hall–Kier alpha value is -1.56. The summed E-state index contributed by atoms with van der Waals surface area (Å²) in [7, 11) is 0. The smallest absolute Gasteiger partial charge is 0.225 e. The van der Waals surface area contributed by atoms with Crippen LogP contribution in [0.3, 0.4) is 0 Å². The number of thioether (sulfide) groups is 1. The highest BCUT2D eigenvalue weighted by molar-refractivity contribution is 7.98. The monoisotopic (exact) mass is 234 g/mol. The molecule has 0 aliphatic carbocycles. The van der Waals surface area contributed by atoms with Crippen molar-refractivity contribution in [3.63, 3.8) is 0 Å². The topological polar surface area (TPSA) is 70.7 Å². The Labute approximate surface area is 96.0 Å². The number of carbonyl (C=O) groups is 1. The molecule has 6 heteroatoms. The maximum Gasteiger partial charge on any atom is 0.225 e. The van der Waals surface area contributed by atoms with Crippen LogP contribution in [0.25, 0.3) is 11.0 Å². The molecule has 0 radical (unpaired) electrons. The summed E-state index contributed by atoms with van der Waals surface area (Å²) in [5, 5.41) is 4.84. The Morgan fingerprint density at radius 1 is 1.38 bits per heavy atom. The number of nitrogens with zero attached hydrogens (tertiary/aromatic N) is 2. The highest BCUT2D eigenvalue weighted by atomic mass is 32.2. The van der Waals surface area contributed by atoms with E-state index >= 15 is 0 Å². The molecule has 3 rings (SSSR count). The molecule has 16 heavy (non-hydrogen) atoms. The number of rotatable bonds is 1. The predicted octanol–water partition coefficient (Wildman–Crippen LogP) is 1.56. The molecule has 82 valence electrons. The third kappa shape index (κ3) is 1.30. The Balaban J connectivity index is 2.34. The van der Waals surface area contributed by atoms with E-state index in [0.717, 1.165) is 28.0 Å². The van der Waals surface area contributed by atoms with Crippen LogP contribution in [-0.2, 0) is 11.2 Å². The lowest BCUT2D eigenvalue weighted by molar-refractivity contribution is -0.116. The summed E-state index contributed by atoms with van der Waals surface area (Å²) in [5.41, 5.74) is 1.95. The fraction of sp³-hybridized carbons (Fsp3) is 0.300. The second-order valence-electron chi connectivity index (χ2n) is 3.63. The highest BCUT2D eigenvalue weighted by Gasteiger charge is 2.21. The molecule has 2 N–H and O–H groups in total. The summed E-state index contributed by atoms with van der Waals surface area (Å²) in [5.74, 6) is 0.641. The van der Waals surface area contributed by atoms with Gasteiger partial charge in [-0.15, -0.1) is 11.8 Å². The minimum atomic E-state index is 0.0169. The minimum absolute atomic E-state index is 0.0169. The molecule has 0 aromatic carbocycles. The van der Waals surface area contributed by atoms with Crippen molar-refractivity contribution in [2.45, 2.75) is 17.9 Å². The summed E-state index contributed by atoms with van der Waals surface area (Å²) >= 11 is 1.64. The van der Waals surface area contributed by atoms with Crippen LogP contribution in [-0.4, -0.2) is 27.1 Å². The standard InChI is InChI=1S/C10H10N4OS/c1-16-10-5-2-3-6(15)13-8-7(5)9(14-10)12-4-11-8/h4H,2-3H2,1H3,(H2,11,12,13,14,15). The van der Waals surface area contributed by atoms with Crippen molar-refractivity contribution in [1.82, 2.24) is 15.0 Å². The fourth-order valence-electron chi connectivity index (χ4n) is 2.00.